The van der Waals surface area contributed by atoms with Crippen molar-refractivity contribution in [2.45, 2.75) is 12.8 Å². The fraction of sp³-hybridized carbons (Fsp3) is 0.300. The third-order valence-electron chi connectivity index (χ3n) is 4.53. The molecule has 146 valence electrons. The summed E-state index contributed by atoms with van der Waals surface area (Å²) in [5.41, 5.74) is 1.04. The minimum atomic E-state index is -0.598. The average Bonchev–Trinajstić information content (AvgIpc) is 2.72. The van der Waals surface area contributed by atoms with Gasteiger partial charge in [-0.1, -0.05) is 18.2 Å². The molecule has 0 atom stereocenters. The van der Waals surface area contributed by atoms with Crippen LogP contribution in [0.4, 0.5) is 5.69 Å². The van der Waals surface area contributed by atoms with Gasteiger partial charge in [-0.3, -0.25) is 14.6 Å². The van der Waals surface area contributed by atoms with E-state index in [-0.39, 0.29) is 29.9 Å². The number of halogens is 1. The SMILES string of the molecule is O=C(OCC(=O)N1CCC(C(=O)Nc2ccccc2)CC1)c1cncc(Br)c1. The number of hydrogen-bond acceptors (Lipinski definition) is 5. The number of piperidine rings is 1. The Morgan fingerprint density at radius 3 is 2.54 bits per heavy atom. The molecule has 2 amide bonds. The molecule has 0 spiro atoms. The van der Waals surface area contributed by atoms with Crippen LogP contribution in [0.1, 0.15) is 23.2 Å². The lowest BCUT2D eigenvalue weighted by molar-refractivity contribution is -0.137. The normalized spacial score (nSPS) is 14.4. The van der Waals surface area contributed by atoms with E-state index in [2.05, 4.69) is 26.2 Å². The van der Waals surface area contributed by atoms with Crippen LogP contribution in [-0.4, -0.2) is 47.4 Å². The van der Waals surface area contributed by atoms with Crippen LogP contribution >= 0.6 is 15.9 Å². The van der Waals surface area contributed by atoms with Gasteiger partial charge in [0.25, 0.3) is 5.91 Å². The Morgan fingerprint density at radius 2 is 1.86 bits per heavy atom. The topological polar surface area (TPSA) is 88.6 Å². The third-order valence-corrected chi connectivity index (χ3v) is 4.96. The number of esters is 1. The van der Waals surface area contributed by atoms with E-state index in [0.29, 0.717) is 30.4 Å². The van der Waals surface area contributed by atoms with Crippen LogP contribution in [0.3, 0.4) is 0 Å². The smallest absolute Gasteiger partial charge is 0.340 e. The highest BCUT2D eigenvalue weighted by Crippen LogP contribution is 2.20. The van der Waals surface area contributed by atoms with E-state index in [1.807, 2.05) is 30.3 Å². The van der Waals surface area contributed by atoms with Gasteiger partial charge in [0.05, 0.1) is 5.56 Å². The zero-order valence-electron chi connectivity index (χ0n) is 15.1. The number of carbonyl (C=O) groups excluding carboxylic acids is 3. The number of carbonyl (C=O) groups is 3. The van der Waals surface area contributed by atoms with E-state index in [1.165, 1.54) is 6.20 Å². The minimum Gasteiger partial charge on any atom is -0.452 e. The zero-order chi connectivity index (χ0) is 19.9. The van der Waals surface area contributed by atoms with Gasteiger partial charge in [-0.15, -0.1) is 0 Å². The van der Waals surface area contributed by atoms with E-state index < -0.39 is 5.97 Å². The third kappa shape index (κ3) is 5.39. The van der Waals surface area contributed by atoms with Crippen molar-refractivity contribution in [1.29, 1.82) is 0 Å². The van der Waals surface area contributed by atoms with Gasteiger partial charge in [0.2, 0.25) is 5.91 Å². The maximum Gasteiger partial charge on any atom is 0.340 e. The first-order chi connectivity index (χ1) is 13.5. The van der Waals surface area contributed by atoms with Crippen LogP contribution in [0.2, 0.25) is 0 Å². The number of rotatable bonds is 5. The maximum absolute atomic E-state index is 12.3. The summed E-state index contributed by atoms with van der Waals surface area (Å²) < 4.78 is 5.74. The summed E-state index contributed by atoms with van der Waals surface area (Å²) in [6.45, 7) is 0.593. The summed E-state index contributed by atoms with van der Waals surface area (Å²) in [5, 5.41) is 2.90. The molecule has 2 aromatic rings. The molecule has 3 rings (SSSR count). The Kier molecular flexibility index (Phi) is 6.76. The Balaban J connectivity index is 1.43. The first kappa shape index (κ1) is 20.0. The van der Waals surface area contributed by atoms with Crippen molar-refractivity contribution in [2.75, 3.05) is 25.0 Å². The van der Waals surface area contributed by atoms with Gasteiger partial charge in [-0.05, 0) is 47.0 Å². The zero-order valence-corrected chi connectivity index (χ0v) is 16.7. The molecule has 0 bridgehead atoms. The Hall–Kier alpha value is -2.74. The molecule has 1 aromatic carbocycles. The molecule has 8 heteroatoms. The van der Waals surface area contributed by atoms with Crippen molar-refractivity contribution in [3.05, 3.63) is 58.8 Å². The highest BCUT2D eigenvalue weighted by molar-refractivity contribution is 9.10. The van der Waals surface area contributed by atoms with Crippen molar-refractivity contribution >= 4 is 39.4 Å². The average molecular weight is 446 g/mol. The fourth-order valence-corrected chi connectivity index (χ4v) is 3.35. The van der Waals surface area contributed by atoms with Crippen LogP contribution < -0.4 is 5.32 Å². The molecule has 1 aliphatic heterocycles. The van der Waals surface area contributed by atoms with Crippen molar-refractivity contribution < 1.29 is 19.1 Å². The number of amides is 2. The molecular weight excluding hydrogens is 426 g/mol. The Morgan fingerprint density at radius 1 is 1.14 bits per heavy atom. The summed E-state index contributed by atoms with van der Waals surface area (Å²) in [6.07, 6.45) is 4.09. The van der Waals surface area contributed by atoms with Crippen LogP contribution in [0.5, 0.6) is 0 Å². The standard InChI is InChI=1S/C20H20BrN3O4/c21-16-10-15(11-22-12-16)20(27)28-13-18(25)24-8-6-14(7-9-24)19(26)23-17-4-2-1-3-5-17/h1-5,10-12,14H,6-9,13H2,(H,23,26). The predicted octanol–water partition coefficient (Wildman–Crippen LogP) is 2.88. The van der Waals surface area contributed by atoms with Crippen LogP contribution in [-0.2, 0) is 14.3 Å². The van der Waals surface area contributed by atoms with Gasteiger partial charge in [-0.25, -0.2) is 4.79 Å². The van der Waals surface area contributed by atoms with E-state index in [0.717, 1.165) is 5.69 Å². The molecule has 0 aliphatic carbocycles. The molecule has 1 aromatic heterocycles. The molecule has 2 heterocycles. The van der Waals surface area contributed by atoms with Gasteiger partial charge >= 0.3 is 5.97 Å². The molecule has 1 N–H and O–H groups in total. The number of anilines is 1. The lowest BCUT2D eigenvalue weighted by Crippen LogP contribution is -2.43. The van der Waals surface area contributed by atoms with E-state index in [9.17, 15) is 14.4 Å². The lowest BCUT2D eigenvalue weighted by Gasteiger charge is -2.31. The highest BCUT2D eigenvalue weighted by Gasteiger charge is 2.27. The number of para-hydroxylation sites is 1. The quantitative estimate of drug-likeness (QED) is 0.714. The second kappa shape index (κ2) is 9.45. The summed E-state index contributed by atoms with van der Waals surface area (Å²) in [6, 6.07) is 10.9. The minimum absolute atomic E-state index is 0.0353. The maximum atomic E-state index is 12.3. The van der Waals surface area contributed by atoms with Gasteiger partial charge in [0, 0.05) is 41.6 Å². The molecule has 28 heavy (non-hydrogen) atoms. The molecule has 1 aliphatic rings. The van der Waals surface area contributed by atoms with Gasteiger partial charge in [-0.2, -0.15) is 0 Å². The first-order valence-corrected chi connectivity index (χ1v) is 9.73. The van der Waals surface area contributed by atoms with Gasteiger partial charge in [0.15, 0.2) is 6.61 Å². The van der Waals surface area contributed by atoms with Crippen molar-refractivity contribution in [3.63, 3.8) is 0 Å². The van der Waals surface area contributed by atoms with Crippen LogP contribution in [0.25, 0.3) is 0 Å². The molecule has 1 fully saturated rings. The number of likely N-dealkylation sites (tertiary alicyclic amines) is 1. The summed E-state index contributed by atoms with van der Waals surface area (Å²) in [4.78, 5) is 42.2. The first-order valence-electron chi connectivity index (χ1n) is 8.94. The molecule has 0 unspecified atom stereocenters. The number of benzene rings is 1. The number of aromatic nitrogens is 1. The fourth-order valence-electron chi connectivity index (χ4n) is 2.98. The number of hydrogen-bond donors (Lipinski definition) is 1. The van der Waals surface area contributed by atoms with Gasteiger partial charge < -0.3 is 15.0 Å². The number of nitrogens with zero attached hydrogens (tertiary/aromatic N) is 2. The number of ether oxygens (including phenoxy) is 1. The van der Waals surface area contributed by atoms with Crippen molar-refractivity contribution in [3.8, 4) is 0 Å². The molecule has 0 radical (unpaired) electrons. The Bertz CT molecular complexity index is 852. The second-order valence-corrected chi connectivity index (χ2v) is 7.39. The predicted molar refractivity (Wildman–Crippen MR) is 107 cm³/mol. The van der Waals surface area contributed by atoms with E-state index in [1.54, 1.807) is 17.2 Å². The summed E-state index contributed by atoms with van der Waals surface area (Å²) >= 11 is 3.23. The number of pyridine rings is 1. The van der Waals surface area contributed by atoms with Crippen molar-refractivity contribution in [1.82, 2.24) is 9.88 Å². The van der Waals surface area contributed by atoms with Gasteiger partial charge in [0.1, 0.15) is 0 Å². The van der Waals surface area contributed by atoms with E-state index in [4.69, 9.17) is 4.74 Å². The molecule has 7 nitrogen and oxygen atoms in total. The lowest BCUT2D eigenvalue weighted by atomic mass is 9.95. The Labute approximate surface area is 171 Å². The largest absolute Gasteiger partial charge is 0.452 e. The van der Waals surface area contributed by atoms with Crippen molar-refractivity contribution in [2.24, 2.45) is 5.92 Å². The molecular formula is C20H20BrN3O4. The summed E-state index contributed by atoms with van der Waals surface area (Å²) in [5.74, 6) is -1.04. The van der Waals surface area contributed by atoms with Crippen LogP contribution in [0.15, 0.2) is 53.3 Å². The molecule has 0 saturated carbocycles. The van der Waals surface area contributed by atoms with E-state index >= 15 is 0 Å². The highest BCUT2D eigenvalue weighted by atomic mass is 79.9. The summed E-state index contributed by atoms with van der Waals surface area (Å²) in [7, 11) is 0. The number of nitrogens with one attached hydrogen (secondary N) is 1. The van der Waals surface area contributed by atoms with Crippen LogP contribution in [0, 0.1) is 5.92 Å². The second-order valence-electron chi connectivity index (χ2n) is 6.48. The monoisotopic (exact) mass is 445 g/mol. The molecule has 1 saturated heterocycles.